The normalized spacial score (nSPS) is 11.3. The number of nitrogens with one attached hydrogen (secondary N) is 1. The minimum Gasteiger partial charge on any atom is -0.337 e. The van der Waals surface area contributed by atoms with Crippen LogP contribution in [-0.4, -0.2) is 15.0 Å². The number of benzene rings is 2. The fourth-order valence-corrected chi connectivity index (χ4v) is 2.32. The lowest BCUT2D eigenvalue weighted by atomic mass is 10.2. The molecular formula is C16H9F2N3. The monoisotopic (exact) mass is 281 g/mol. The zero-order valence-electron chi connectivity index (χ0n) is 10.8. The van der Waals surface area contributed by atoms with Crippen molar-refractivity contribution in [2.45, 2.75) is 0 Å². The van der Waals surface area contributed by atoms with Crippen LogP contribution in [0.2, 0.25) is 0 Å². The van der Waals surface area contributed by atoms with Crippen LogP contribution in [0.1, 0.15) is 0 Å². The van der Waals surface area contributed by atoms with Gasteiger partial charge in [0.25, 0.3) is 0 Å². The Labute approximate surface area is 118 Å². The van der Waals surface area contributed by atoms with Crippen LogP contribution in [-0.2, 0) is 0 Å². The van der Waals surface area contributed by atoms with Crippen LogP contribution in [0.15, 0.2) is 48.5 Å². The standard InChI is InChI=1S/C16H9F2N3/c17-10-7-14-15(8-11(10)18)21-16(20-14)13-6-5-9-3-1-2-4-12(9)19-13/h1-8H,(H,20,21). The lowest BCUT2D eigenvalue weighted by Gasteiger charge is -1.99. The average Bonchev–Trinajstić information content (AvgIpc) is 2.90. The van der Waals surface area contributed by atoms with Gasteiger partial charge in [0.05, 0.1) is 16.6 Å². The van der Waals surface area contributed by atoms with Gasteiger partial charge < -0.3 is 4.98 Å². The Morgan fingerprint density at radius 1 is 0.810 bits per heavy atom. The molecule has 5 heteroatoms. The van der Waals surface area contributed by atoms with Crippen LogP contribution in [0, 0.1) is 11.6 Å². The summed E-state index contributed by atoms with van der Waals surface area (Å²) in [5, 5.41) is 1.02. The molecule has 0 aliphatic rings. The number of hydrogen-bond donors (Lipinski definition) is 1. The Kier molecular flexibility index (Phi) is 2.47. The van der Waals surface area contributed by atoms with Gasteiger partial charge in [-0.25, -0.2) is 18.7 Å². The predicted octanol–water partition coefficient (Wildman–Crippen LogP) is 4.06. The molecule has 3 nitrogen and oxygen atoms in total. The quantitative estimate of drug-likeness (QED) is 0.571. The van der Waals surface area contributed by atoms with E-state index in [1.807, 2.05) is 36.4 Å². The van der Waals surface area contributed by atoms with Crippen molar-refractivity contribution in [1.82, 2.24) is 15.0 Å². The van der Waals surface area contributed by atoms with E-state index in [0.717, 1.165) is 23.0 Å². The summed E-state index contributed by atoms with van der Waals surface area (Å²) in [4.78, 5) is 11.7. The summed E-state index contributed by atoms with van der Waals surface area (Å²) in [6, 6.07) is 13.7. The SMILES string of the molecule is Fc1cc2nc(-c3ccc4ccccc4n3)[nH]c2cc1F. The zero-order valence-corrected chi connectivity index (χ0v) is 10.8. The van der Waals surface area contributed by atoms with Crippen molar-refractivity contribution in [2.24, 2.45) is 0 Å². The lowest BCUT2D eigenvalue weighted by molar-refractivity contribution is 0.510. The van der Waals surface area contributed by atoms with Gasteiger partial charge in [-0.05, 0) is 12.1 Å². The Balaban J connectivity index is 1.91. The molecule has 0 aliphatic heterocycles. The third kappa shape index (κ3) is 1.94. The van der Waals surface area contributed by atoms with Gasteiger partial charge in [-0.1, -0.05) is 24.3 Å². The van der Waals surface area contributed by atoms with Crippen molar-refractivity contribution in [3.63, 3.8) is 0 Å². The van der Waals surface area contributed by atoms with Crippen molar-refractivity contribution in [3.8, 4) is 11.5 Å². The van der Waals surface area contributed by atoms with Crippen LogP contribution >= 0.6 is 0 Å². The molecule has 0 aliphatic carbocycles. The summed E-state index contributed by atoms with van der Waals surface area (Å²) in [6.45, 7) is 0. The van der Waals surface area contributed by atoms with Gasteiger partial charge in [-0.2, -0.15) is 0 Å². The topological polar surface area (TPSA) is 41.6 Å². The molecule has 4 rings (SSSR count). The van der Waals surface area contributed by atoms with Crippen LogP contribution in [0.5, 0.6) is 0 Å². The Morgan fingerprint density at radius 2 is 1.62 bits per heavy atom. The van der Waals surface area contributed by atoms with Crippen molar-refractivity contribution in [2.75, 3.05) is 0 Å². The minimum atomic E-state index is -0.910. The number of para-hydroxylation sites is 1. The van der Waals surface area contributed by atoms with Gasteiger partial charge in [0.15, 0.2) is 17.5 Å². The first kappa shape index (κ1) is 12.0. The van der Waals surface area contributed by atoms with E-state index in [-0.39, 0.29) is 0 Å². The molecule has 0 amide bonds. The van der Waals surface area contributed by atoms with Gasteiger partial charge in [0, 0.05) is 17.5 Å². The number of fused-ring (bicyclic) bond motifs is 2. The second-order valence-corrected chi connectivity index (χ2v) is 4.76. The van der Waals surface area contributed by atoms with Crippen molar-refractivity contribution < 1.29 is 8.78 Å². The average molecular weight is 281 g/mol. The highest BCUT2D eigenvalue weighted by Crippen LogP contribution is 2.23. The summed E-state index contributed by atoms with van der Waals surface area (Å²) in [5.74, 6) is -1.32. The number of pyridine rings is 1. The van der Waals surface area contributed by atoms with Crippen molar-refractivity contribution in [1.29, 1.82) is 0 Å². The molecule has 102 valence electrons. The molecule has 0 bridgehead atoms. The molecule has 2 aromatic heterocycles. The number of halogens is 2. The molecule has 0 saturated carbocycles. The van der Waals surface area contributed by atoms with Crippen LogP contribution in [0.4, 0.5) is 8.78 Å². The highest BCUT2D eigenvalue weighted by atomic mass is 19.2. The van der Waals surface area contributed by atoms with Gasteiger partial charge in [-0.3, -0.25) is 0 Å². The molecule has 0 unspecified atom stereocenters. The van der Waals surface area contributed by atoms with Crippen LogP contribution < -0.4 is 0 Å². The Hall–Kier alpha value is -2.82. The molecular weight excluding hydrogens is 272 g/mol. The van der Waals surface area contributed by atoms with Gasteiger partial charge in [-0.15, -0.1) is 0 Å². The first-order valence-corrected chi connectivity index (χ1v) is 6.42. The first-order chi connectivity index (χ1) is 10.2. The molecule has 0 radical (unpaired) electrons. The van der Waals surface area contributed by atoms with E-state index in [0.29, 0.717) is 22.6 Å². The summed E-state index contributed by atoms with van der Waals surface area (Å²) in [6.07, 6.45) is 0. The molecule has 2 heterocycles. The number of imidazole rings is 1. The van der Waals surface area contributed by atoms with Gasteiger partial charge in [0.2, 0.25) is 0 Å². The summed E-state index contributed by atoms with van der Waals surface area (Å²) < 4.78 is 26.5. The number of nitrogens with zero attached hydrogens (tertiary/aromatic N) is 2. The summed E-state index contributed by atoms with van der Waals surface area (Å²) >= 11 is 0. The fourth-order valence-electron chi connectivity index (χ4n) is 2.32. The number of aromatic nitrogens is 3. The van der Waals surface area contributed by atoms with E-state index in [2.05, 4.69) is 15.0 Å². The van der Waals surface area contributed by atoms with Gasteiger partial charge in [0.1, 0.15) is 5.69 Å². The minimum absolute atomic E-state index is 0.374. The largest absolute Gasteiger partial charge is 0.337 e. The van der Waals surface area contributed by atoms with E-state index >= 15 is 0 Å². The van der Waals surface area contributed by atoms with Crippen molar-refractivity contribution in [3.05, 3.63) is 60.2 Å². The summed E-state index contributed by atoms with van der Waals surface area (Å²) in [5.41, 5.74) is 2.29. The van der Waals surface area contributed by atoms with E-state index in [1.54, 1.807) is 0 Å². The third-order valence-corrected chi connectivity index (χ3v) is 3.36. The van der Waals surface area contributed by atoms with Crippen LogP contribution in [0.25, 0.3) is 33.5 Å². The predicted molar refractivity (Wildman–Crippen MR) is 76.7 cm³/mol. The first-order valence-electron chi connectivity index (χ1n) is 6.42. The maximum Gasteiger partial charge on any atom is 0.161 e. The molecule has 4 aromatic rings. The number of hydrogen-bond acceptors (Lipinski definition) is 2. The summed E-state index contributed by atoms with van der Waals surface area (Å²) in [7, 11) is 0. The highest BCUT2D eigenvalue weighted by molar-refractivity contribution is 5.83. The van der Waals surface area contributed by atoms with E-state index < -0.39 is 11.6 Å². The molecule has 1 N–H and O–H groups in total. The smallest absolute Gasteiger partial charge is 0.161 e. The highest BCUT2D eigenvalue weighted by Gasteiger charge is 2.11. The Bertz CT molecular complexity index is 937. The molecule has 0 fully saturated rings. The third-order valence-electron chi connectivity index (χ3n) is 3.36. The molecule has 0 spiro atoms. The number of H-pyrrole nitrogens is 1. The lowest BCUT2D eigenvalue weighted by Crippen LogP contribution is -1.86. The van der Waals surface area contributed by atoms with Crippen LogP contribution in [0.3, 0.4) is 0 Å². The van der Waals surface area contributed by atoms with Gasteiger partial charge >= 0.3 is 0 Å². The Morgan fingerprint density at radius 3 is 2.52 bits per heavy atom. The number of aromatic amines is 1. The maximum absolute atomic E-state index is 13.2. The van der Waals surface area contributed by atoms with E-state index in [1.165, 1.54) is 0 Å². The molecule has 2 aromatic carbocycles. The fraction of sp³-hybridized carbons (Fsp3) is 0. The second-order valence-electron chi connectivity index (χ2n) is 4.76. The van der Waals surface area contributed by atoms with E-state index in [4.69, 9.17) is 0 Å². The van der Waals surface area contributed by atoms with Crippen molar-refractivity contribution >= 4 is 21.9 Å². The molecule has 0 atom stereocenters. The van der Waals surface area contributed by atoms with E-state index in [9.17, 15) is 8.78 Å². The molecule has 21 heavy (non-hydrogen) atoms. The second kappa shape index (κ2) is 4.34. The maximum atomic E-state index is 13.2. The molecule has 0 saturated heterocycles. The zero-order chi connectivity index (χ0) is 14.4. The number of rotatable bonds is 1.